The van der Waals surface area contributed by atoms with Crippen LogP contribution in [-0.2, 0) is 14.4 Å². The van der Waals surface area contributed by atoms with E-state index >= 15 is 0 Å². The van der Waals surface area contributed by atoms with E-state index in [0.717, 1.165) is 11.6 Å². The molecule has 2 aromatic rings. The van der Waals surface area contributed by atoms with Crippen LogP contribution in [-0.4, -0.2) is 59.0 Å². The van der Waals surface area contributed by atoms with Gasteiger partial charge in [-0.25, -0.2) is 4.39 Å². The second kappa shape index (κ2) is 12.2. The van der Waals surface area contributed by atoms with Crippen LogP contribution in [0.5, 0.6) is 0 Å². The minimum absolute atomic E-state index is 0.102. The summed E-state index contributed by atoms with van der Waals surface area (Å²) in [5.41, 5.74) is 1.14. The highest BCUT2D eigenvalue weighted by Gasteiger charge is 2.41. The smallest absolute Gasteiger partial charge is 0.247 e. The summed E-state index contributed by atoms with van der Waals surface area (Å²) in [7, 11) is 0. The van der Waals surface area contributed by atoms with E-state index in [9.17, 15) is 29.1 Å². The van der Waals surface area contributed by atoms with E-state index in [1.165, 1.54) is 29.2 Å². The number of nitrogens with zero attached hydrogens (tertiary/aromatic N) is 2. The number of carbonyl (C=O) groups is 3. The molecule has 0 aliphatic carbocycles. The van der Waals surface area contributed by atoms with E-state index in [2.05, 4.69) is 10.6 Å². The third-order valence-electron chi connectivity index (χ3n) is 7.07. The maximum Gasteiger partial charge on any atom is 0.247 e. The number of aliphatic hydroxyl groups excluding tert-OH is 1. The second-order valence-corrected chi connectivity index (χ2v) is 9.99. The van der Waals surface area contributed by atoms with Gasteiger partial charge in [0, 0.05) is 41.6 Å². The Labute approximate surface area is 225 Å². The van der Waals surface area contributed by atoms with Crippen molar-refractivity contribution in [3.05, 3.63) is 76.6 Å². The number of nitrogens with one attached hydrogen (secondary N) is 2. The van der Waals surface area contributed by atoms with E-state index in [-0.39, 0.29) is 35.4 Å². The molecule has 4 rings (SSSR count). The minimum Gasteiger partial charge on any atom is -0.376 e. The molecule has 3 amide bonds. The van der Waals surface area contributed by atoms with Crippen LogP contribution in [0.1, 0.15) is 36.3 Å². The summed E-state index contributed by atoms with van der Waals surface area (Å²) in [6.07, 6.45) is 1.99. The predicted octanol–water partition coefficient (Wildman–Crippen LogP) is 2.77. The zero-order valence-corrected chi connectivity index (χ0v) is 21.3. The number of nitriles is 1. The Morgan fingerprint density at radius 2 is 2.05 bits per heavy atom. The third kappa shape index (κ3) is 6.39. The molecule has 2 aliphatic heterocycles. The highest BCUT2D eigenvalue weighted by atomic mass is 35.5. The van der Waals surface area contributed by atoms with Gasteiger partial charge >= 0.3 is 0 Å². The first kappa shape index (κ1) is 27.3. The molecule has 2 aliphatic rings. The van der Waals surface area contributed by atoms with Crippen LogP contribution in [0.25, 0.3) is 6.08 Å². The standard InChI is InChI=1S/C28H28ClFN4O4/c29-21-8-6-18(22(30)14-21)7-9-26(36)34-16-20(17-4-2-1-3-5-17)13-24(34)28(38)33-23(25(35)15-31)12-19-10-11-32-27(19)37/h1-9,14,19-20,23-25,35H,10-13,16H2,(H,32,37)(H,33,38)/b9-7+. The first-order chi connectivity index (χ1) is 18.3. The fourth-order valence-corrected chi connectivity index (χ4v) is 5.16. The quantitative estimate of drug-likeness (QED) is 0.352. The Balaban J connectivity index is 1.55. The lowest BCUT2D eigenvalue weighted by Gasteiger charge is -2.27. The average Bonchev–Trinajstić information content (AvgIpc) is 3.54. The molecule has 2 heterocycles. The number of rotatable bonds is 8. The second-order valence-electron chi connectivity index (χ2n) is 9.55. The van der Waals surface area contributed by atoms with Crippen molar-refractivity contribution in [3.8, 4) is 6.07 Å². The molecule has 10 heteroatoms. The number of halogens is 2. The lowest BCUT2D eigenvalue weighted by molar-refractivity contribution is -0.135. The van der Waals surface area contributed by atoms with Crippen molar-refractivity contribution < 1.29 is 23.9 Å². The molecule has 5 atom stereocenters. The fraction of sp³-hybridized carbons (Fsp3) is 0.357. The summed E-state index contributed by atoms with van der Waals surface area (Å²) in [5.74, 6) is -2.33. The average molecular weight is 539 g/mol. The minimum atomic E-state index is -1.52. The van der Waals surface area contributed by atoms with Crippen LogP contribution in [0, 0.1) is 23.1 Å². The Morgan fingerprint density at radius 1 is 1.29 bits per heavy atom. The Bertz CT molecular complexity index is 1270. The number of amides is 3. The van der Waals surface area contributed by atoms with Crippen LogP contribution < -0.4 is 10.6 Å². The van der Waals surface area contributed by atoms with Gasteiger partial charge in [0.1, 0.15) is 11.9 Å². The molecule has 0 aromatic heterocycles. The fourth-order valence-electron chi connectivity index (χ4n) is 5.00. The molecule has 198 valence electrons. The maximum atomic E-state index is 14.2. The Kier molecular flexibility index (Phi) is 8.77. The molecule has 0 spiro atoms. The Morgan fingerprint density at radius 3 is 2.71 bits per heavy atom. The number of carbonyl (C=O) groups excluding carboxylic acids is 3. The van der Waals surface area contributed by atoms with Gasteiger partial charge in [-0.15, -0.1) is 0 Å². The van der Waals surface area contributed by atoms with Crippen LogP contribution in [0.3, 0.4) is 0 Å². The number of hydrogen-bond donors (Lipinski definition) is 3. The van der Waals surface area contributed by atoms with Gasteiger partial charge < -0.3 is 20.6 Å². The van der Waals surface area contributed by atoms with E-state index < -0.39 is 41.7 Å². The summed E-state index contributed by atoms with van der Waals surface area (Å²) in [6, 6.07) is 13.5. The van der Waals surface area contributed by atoms with Crippen molar-refractivity contribution >= 4 is 35.4 Å². The lowest BCUT2D eigenvalue weighted by Crippen LogP contribution is -2.52. The van der Waals surface area contributed by atoms with Gasteiger partial charge in [-0.3, -0.25) is 14.4 Å². The zero-order valence-electron chi connectivity index (χ0n) is 20.5. The van der Waals surface area contributed by atoms with Gasteiger partial charge in [0.25, 0.3) is 0 Å². The monoisotopic (exact) mass is 538 g/mol. The summed E-state index contributed by atoms with van der Waals surface area (Å²) < 4.78 is 14.2. The van der Waals surface area contributed by atoms with Gasteiger partial charge in [-0.2, -0.15) is 5.26 Å². The molecule has 2 saturated heterocycles. The zero-order chi connectivity index (χ0) is 27.2. The highest BCUT2D eigenvalue weighted by Crippen LogP contribution is 2.32. The first-order valence-electron chi connectivity index (χ1n) is 12.4. The molecule has 5 unspecified atom stereocenters. The van der Waals surface area contributed by atoms with Crippen LogP contribution >= 0.6 is 11.6 Å². The Hall–Kier alpha value is -3.74. The van der Waals surface area contributed by atoms with Crippen molar-refractivity contribution in [1.82, 2.24) is 15.5 Å². The molecule has 0 radical (unpaired) electrons. The number of likely N-dealkylation sites (tertiary alicyclic amines) is 1. The van der Waals surface area contributed by atoms with Crippen molar-refractivity contribution in [1.29, 1.82) is 5.26 Å². The molecule has 38 heavy (non-hydrogen) atoms. The van der Waals surface area contributed by atoms with Gasteiger partial charge in [-0.05, 0) is 43.0 Å². The van der Waals surface area contributed by atoms with Crippen molar-refractivity contribution in [2.24, 2.45) is 5.92 Å². The van der Waals surface area contributed by atoms with Gasteiger partial charge in [0.05, 0.1) is 12.1 Å². The van der Waals surface area contributed by atoms with Crippen molar-refractivity contribution in [3.63, 3.8) is 0 Å². The van der Waals surface area contributed by atoms with Crippen LogP contribution in [0.2, 0.25) is 5.02 Å². The third-order valence-corrected chi connectivity index (χ3v) is 7.30. The predicted molar refractivity (Wildman–Crippen MR) is 139 cm³/mol. The molecule has 0 bridgehead atoms. The molecule has 2 aromatic carbocycles. The first-order valence-corrected chi connectivity index (χ1v) is 12.8. The molecular formula is C28H28ClFN4O4. The number of hydrogen-bond acceptors (Lipinski definition) is 5. The van der Waals surface area contributed by atoms with E-state index in [1.54, 1.807) is 6.07 Å². The highest BCUT2D eigenvalue weighted by molar-refractivity contribution is 6.30. The molecular weight excluding hydrogens is 511 g/mol. The van der Waals surface area contributed by atoms with Gasteiger partial charge in [0.15, 0.2) is 6.10 Å². The van der Waals surface area contributed by atoms with Gasteiger partial charge in [-0.1, -0.05) is 48.0 Å². The molecule has 8 nitrogen and oxygen atoms in total. The normalized spacial score (nSPS) is 22.6. The maximum absolute atomic E-state index is 14.2. The summed E-state index contributed by atoms with van der Waals surface area (Å²) in [4.78, 5) is 40.2. The summed E-state index contributed by atoms with van der Waals surface area (Å²) in [6.45, 7) is 0.752. The summed E-state index contributed by atoms with van der Waals surface area (Å²) >= 11 is 5.80. The number of aliphatic hydroxyl groups is 1. The molecule has 2 fully saturated rings. The van der Waals surface area contributed by atoms with Gasteiger partial charge in [0.2, 0.25) is 17.7 Å². The van der Waals surface area contributed by atoms with Crippen molar-refractivity contribution in [2.75, 3.05) is 13.1 Å². The van der Waals surface area contributed by atoms with E-state index in [0.29, 0.717) is 19.4 Å². The largest absolute Gasteiger partial charge is 0.376 e. The number of benzene rings is 2. The van der Waals surface area contributed by atoms with E-state index in [4.69, 9.17) is 11.6 Å². The topological polar surface area (TPSA) is 123 Å². The lowest BCUT2D eigenvalue weighted by atomic mass is 9.94. The van der Waals surface area contributed by atoms with Crippen LogP contribution in [0.15, 0.2) is 54.6 Å². The molecule has 3 N–H and O–H groups in total. The van der Waals surface area contributed by atoms with E-state index in [1.807, 2.05) is 30.3 Å². The summed E-state index contributed by atoms with van der Waals surface area (Å²) in [5, 5.41) is 25.2. The SMILES string of the molecule is N#CC(O)C(CC1CCNC1=O)NC(=O)C1CC(c2ccccc2)CN1C(=O)/C=C/c1ccc(Cl)cc1F. The molecule has 0 saturated carbocycles. The van der Waals surface area contributed by atoms with Crippen LogP contribution in [0.4, 0.5) is 4.39 Å². The van der Waals surface area contributed by atoms with Crippen molar-refractivity contribution in [2.45, 2.75) is 43.4 Å².